The van der Waals surface area contributed by atoms with Crippen molar-refractivity contribution in [3.63, 3.8) is 0 Å². The Morgan fingerprint density at radius 3 is 3.04 bits per heavy atom. The number of carbonyl (C=O) groups is 1. The molecular weight excluding hydrogens is 365 g/mol. The Morgan fingerprint density at radius 1 is 1.41 bits per heavy atom. The van der Waals surface area contributed by atoms with Gasteiger partial charge in [-0.2, -0.15) is 0 Å². The van der Waals surface area contributed by atoms with Crippen molar-refractivity contribution >= 4 is 17.2 Å². The number of nitrogens with zero attached hydrogens (tertiary/aromatic N) is 4. The van der Waals surface area contributed by atoms with Gasteiger partial charge in [-0.15, -0.1) is 11.3 Å². The molecule has 8 heteroatoms. The predicted molar refractivity (Wildman–Crippen MR) is 101 cm³/mol. The lowest BCUT2D eigenvalue weighted by atomic mass is 10.1. The highest BCUT2D eigenvalue weighted by atomic mass is 32.1. The quantitative estimate of drug-likeness (QED) is 0.749. The first kappa shape index (κ1) is 17.8. The van der Waals surface area contributed by atoms with Gasteiger partial charge in [0.2, 0.25) is 0 Å². The van der Waals surface area contributed by atoms with Crippen molar-refractivity contribution in [2.75, 3.05) is 19.6 Å². The minimum atomic E-state index is -0.252. The molecule has 3 aromatic rings. The lowest BCUT2D eigenvalue weighted by molar-refractivity contribution is 0.0615. The van der Waals surface area contributed by atoms with Crippen LogP contribution in [0.3, 0.4) is 0 Å². The molecule has 1 saturated heterocycles. The normalized spacial score (nSPS) is 17.3. The van der Waals surface area contributed by atoms with Crippen LogP contribution in [0.25, 0.3) is 0 Å². The third-order valence-corrected chi connectivity index (χ3v) is 5.58. The van der Waals surface area contributed by atoms with E-state index in [9.17, 15) is 9.18 Å². The smallest absolute Gasteiger partial charge is 0.274 e. The summed E-state index contributed by atoms with van der Waals surface area (Å²) in [6.07, 6.45) is 4.00. The Kier molecular flexibility index (Phi) is 5.00. The van der Waals surface area contributed by atoms with Crippen molar-refractivity contribution < 1.29 is 9.18 Å². The highest BCUT2D eigenvalue weighted by molar-refractivity contribution is 7.09. The molecule has 1 aliphatic heterocycles. The SMILES string of the molecule is Cn1ccnc1C1CNCCN1C(=O)c1csc(Cc2ccccc2F)n1. The van der Waals surface area contributed by atoms with Crippen LogP contribution >= 0.6 is 11.3 Å². The molecule has 1 aromatic carbocycles. The summed E-state index contributed by atoms with van der Waals surface area (Å²) >= 11 is 1.39. The second-order valence-electron chi connectivity index (χ2n) is 6.51. The van der Waals surface area contributed by atoms with Gasteiger partial charge in [0.25, 0.3) is 5.91 Å². The van der Waals surface area contributed by atoms with E-state index in [4.69, 9.17) is 0 Å². The van der Waals surface area contributed by atoms with Crippen molar-refractivity contribution in [2.45, 2.75) is 12.5 Å². The van der Waals surface area contributed by atoms with Gasteiger partial charge in [-0.25, -0.2) is 14.4 Å². The third kappa shape index (κ3) is 3.63. The molecule has 2 aromatic heterocycles. The van der Waals surface area contributed by atoms with Gasteiger partial charge in [0.05, 0.1) is 5.01 Å². The van der Waals surface area contributed by atoms with Crippen LogP contribution in [0.5, 0.6) is 0 Å². The number of hydrogen-bond donors (Lipinski definition) is 1. The van der Waals surface area contributed by atoms with Gasteiger partial charge >= 0.3 is 0 Å². The second kappa shape index (κ2) is 7.58. The fourth-order valence-electron chi connectivity index (χ4n) is 3.32. The number of hydrogen-bond acceptors (Lipinski definition) is 5. The molecule has 1 unspecified atom stereocenters. The number of benzene rings is 1. The molecule has 1 aliphatic rings. The molecule has 0 bridgehead atoms. The van der Waals surface area contributed by atoms with Gasteiger partial charge in [-0.05, 0) is 11.6 Å². The molecule has 0 saturated carbocycles. The van der Waals surface area contributed by atoms with Crippen molar-refractivity contribution in [1.29, 1.82) is 0 Å². The van der Waals surface area contributed by atoms with E-state index in [2.05, 4.69) is 15.3 Å². The second-order valence-corrected chi connectivity index (χ2v) is 7.45. The van der Waals surface area contributed by atoms with Crippen molar-refractivity contribution in [1.82, 2.24) is 24.8 Å². The summed E-state index contributed by atoms with van der Waals surface area (Å²) in [7, 11) is 1.93. The van der Waals surface area contributed by atoms with E-state index in [1.807, 2.05) is 22.7 Å². The molecule has 140 valence electrons. The van der Waals surface area contributed by atoms with E-state index in [0.717, 1.165) is 17.4 Å². The fraction of sp³-hybridized carbons (Fsp3) is 0.316. The van der Waals surface area contributed by atoms with Crippen molar-refractivity contribution in [3.8, 4) is 0 Å². The van der Waals surface area contributed by atoms with E-state index in [-0.39, 0.29) is 17.8 Å². The topological polar surface area (TPSA) is 63.1 Å². The molecule has 27 heavy (non-hydrogen) atoms. The molecule has 1 fully saturated rings. The standard InChI is InChI=1S/C19H20FN5OS/c1-24-8-7-22-18(24)16-11-21-6-9-25(16)19(26)15-12-27-17(23-15)10-13-4-2-3-5-14(13)20/h2-5,7-8,12,16,21H,6,9-11H2,1H3. The average molecular weight is 385 g/mol. The van der Waals surface area contributed by atoms with Crippen LogP contribution in [-0.4, -0.2) is 45.0 Å². The highest BCUT2D eigenvalue weighted by Gasteiger charge is 2.32. The number of amides is 1. The first-order valence-corrected chi connectivity index (χ1v) is 9.68. The number of piperazine rings is 1. The summed E-state index contributed by atoms with van der Waals surface area (Å²) in [6, 6.07) is 6.51. The minimum absolute atomic E-state index is 0.111. The lowest BCUT2D eigenvalue weighted by Crippen LogP contribution is -2.49. The number of aryl methyl sites for hydroxylation is 1. The van der Waals surface area contributed by atoms with Gasteiger partial charge in [-0.1, -0.05) is 18.2 Å². The Hall–Kier alpha value is -2.58. The molecule has 0 spiro atoms. The molecule has 3 heterocycles. The van der Waals surface area contributed by atoms with Gasteiger partial charge < -0.3 is 14.8 Å². The zero-order chi connectivity index (χ0) is 18.8. The van der Waals surface area contributed by atoms with E-state index < -0.39 is 0 Å². The first-order chi connectivity index (χ1) is 13.1. The molecule has 6 nitrogen and oxygen atoms in total. The summed E-state index contributed by atoms with van der Waals surface area (Å²) in [5, 5.41) is 5.81. The number of thiazole rings is 1. The third-order valence-electron chi connectivity index (χ3n) is 4.73. The first-order valence-electron chi connectivity index (χ1n) is 8.80. The number of aromatic nitrogens is 3. The molecular formula is C19H20FN5OS. The molecule has 4 rings (SSSR count). The average Bonchev–Trinajstić information content (AvgIpc) is 3.32. The number of rotatable bonds is 4. The van der Waals surface area contributed by atoms with Crippen molar-refractivity contribution in [3.05, 3.63) is 69.9 Å². The highest BCUT2D eigenvalue weighted by Crippen LogP contribution is 2.24. The predicted octanol–water partition coefficient (Wildman–Crippen LogP) is 2.39. The Balaban J connectivity index is 1.54. The van der Waals surface area contributed by atoms with E-state index >= 15 is 0 Å². The van der Waals surface area contributed by atoms with Crippen LogP contribution in [0, 0.1) is 5.82 Å². The number of carbonyl (C=O) groups excluding carboxylic acids is 1. The van der Waals surface area contributed by atoms with Crippen molar-refractivity contribution in [2.24, 2.45) is 7.05 Å². The van der Waals surface area contributed by atoms with Gasteiger partial charge in [0.15, 0.2) is 0 Å². The maximum atomic E-state index is 13.9. The summed E-state index contributed by atoms with van der Waals surface area (Å²) < 4.78 is 15.8. The number of nitrogens with one attached hydrogen (secondary N) is 1. The van der Waals surface area contributed by atoms with E-state index in [1.54, 1.807) is 29.8 Å². The maximum absolute atomic E-state index is 13.9. The van der Waals surface area contributed by atoms with Crippen LogP contribution in [0.15, 0.2) is 42.0 Å². The molecule has 1 amide bonds. The van der Waals surface area contributed by atoms with Gasteiger partial charge in [0, 0.05) is 50.9 Å². The fourth-order valence-corrected chi connectivity index (χ4v) is 4.11. The zero-order valence-corrected chi connectivity index (χ0v) is 15.7. The number of halogens is 1. The zero-order valence-electron chi connectivity index (χ0n) is 14.9. The van der Waals surface area contributed by atoms with E-state index in [1.165, 1.54) is 17.4 Å². The van der Waals surface area contributed by atoms with Gasteiger partial charge in [0.1, 0.15) is 23.4 Å². The monoisotopic (exact) mass is 385 g/mol. The van der Waals surface area contributed by atoms with Crippen LogP contribution in [-0.2, 0) is 13.5 Å². The molecule has 0 aliphatic carbocycles. The Morgan fingerprint density at radius 2 is 2.26 bits per heavy atom. The van der Waals surface area contributed by atoms with Gasteiger partial charge in [-0.3, -0.25) is 4.79 Å². The lowest BCUT2D eigenvalue weighted by Gasteiger charge is -2.35. The summed E-state index contributed by atoms with van der Waals surface area (Å²) in [4.78, 5) is 23.8. The molecule has 0 radical (unpaired) electrons. The van der Waals surface area contributed by atoms with Crippen LogP contribution in [0.2, 0.25) is 0 Å². The van der Waals surface area contributed by atoms with Crippen LogP contribution in [0.1, 0.15) is 32.9 Å². The molecule has 1 N–H and O–H groups in total. The largest absolute Gasteiger partial charge is 0.336 e. The van der Waals surface area contributed by atoms with Crippen LogP contribution in [0.4, 0.5) is 4.39 Å². The number of imidazole rings is 1. The Bertz CT molecular complexity index is 953. The summed E-state index contributed by atoms with van der Waals surface area (Å²) in [5.41, 5.74) is 0.992. The van der Waals surface area contributed by atoms with E-state index in [0.29, 0.717) is 30.8 Å². The Labute approximate surface area is 160 Å². The minimum Gasteiger partial charge on any atom is -0.336 e. The summed E-state index contributed by atoms with van der Waals surface area (Å²) in [6.45, 7) is 1.98. The maximum Gasteiger partial charge on any atom is 0.274 e. The molecule has 1 atom stereocenters. The van der Waals surface area contributed by atoms with Crippen LogP contribution < -0.4 is 5.32 Å². The summed E-state index contributed by atoms with van der Waals surface area (Å²) in [5.74, 6) is 0.482.